The van der Waals surface area contributed by atoms with E-state index in [0.29, 0.717) is 5.41 Å². The topological polar surface area (TPSA) is 32.5 Å². The summed E-state index contributed by atoms with van der Waals surface area (Å²) in [6.07, 6.45) is 9.61. The minimum Gasteiger partial charge on any atom is -0.330 e. The summed E-state index contributed by atoms with van der Waals surface area (Å²) in [6, 6.07) is 0.749. The average molecular weight is 281 g/mol. The van der Waals surface area contributed by atoms with Crippen molar-refractivity contribution in [3.63, 3.8) is 0 Å². The standard InChI is InChI=1S/C17H35N3/c1-3-16(2)20-12-10-19(11-13-20)15-17(14-18)8-6-4-5-7-9-17/h16H,3-15,18H2,1-2H3. The van der Waals surface area contributed by atoms with Gasteiger partial charge in [0, 0.05) is 38.8 Å². The van der Waals surface area contributed by atoms with Crippen molar-refractivity contribution in [2.45, 2.75) is 64.8 Å². The highest BCUT2D eigenvalue weighted by molar-refractivity contribution is 4.87. The molecule has 0 amide bonds. The van der Waals surface area contributed by atoms with Crippen molar-refractivity contribution in [3.05, 3.63) is 0 Å². The fourth-order valence-electron chi connectivity index (χ4n) is 4.00. The second-order valence-electron chi connectivity index (χ2n) is 7.19. The molecule has 1 unspecified atom stereocenters. The normalized spacial score (nSPS) is 27.1. The maximum Gasteiger partial charge on any atom is 0.0113 e. The molecule has 1 saturated heterocycles. The maximum absolute atomic E-state index is 6.18. The molecule has 0 aromatic carbocycles. The highest BCUT2D eigenvalue weighted by Gasteiger charge is 2.32. The lowest BCUT2D eigenvalue weighted by Gasteiger charge is -2.42. The molecule has 1 heterocycles. The molecule has 1 aliphatic carbocycles. The first-order valence-corrected chi connectivity index (χ1v) is 8.85. The van der Waals surface area contributed by atoms with E-state index in [-0.39, 0.29) is 0 Å². The zero-order valence-electron chi connectivity index (χ0n) is 13.7. The smallest absolute Gasteiger partial charge is 0.0113 e. The number of piperazine rings is 1. The van der Waals surface area contributed by atoms with Crippen LogP contribution < -0.4 is 5.73 Å². The summed E-state index contributed by atoms with van der Waals surface area (Å²) in [6.45, 7) is 11.8. The van der Waals surface area contributed by atoms with Crippen LogP contribution in [-0.4, -0.2) is 55.1 Å². The molecule has 2 fully saturated rings. The number of hydrogen-bond donors (Lipinski definition) is 1. The Bertz CT molecular complexity index is 263. The zero-order chi connectivity index (χ0) is 14.4. The first kappa shape index (κ1) is 16.3. The van der Waals surface area contributed by atoms with Crippen molar-refractivity contribution in [1.82, 2.24) is 9.80 Å². The molecule has 1 saturated carbocycles. The van der Waals surface area contributed by atoms with Crippen LogP contribution in [0.2, 0.25) is 0 Å². The van der Waals surface area contributed by atoms with Crippen LogP contribution >= 0.6 is 0 Å². The van der Waals surface area contributed by atoms with Crippen LogP contribution in [0.4, 0.5) is 0 Å². The van der Waals surface area contributed by atoms with Crippen molar-refractivity contribution in [3.8, 4) is 0 Å². The van der Waals surface area contributed by atoms with E-state index < -0.39 is 0 Å². The van der Waals surface area contributed by atoms with Gasteiger partial charge in [0.1, 0.15) is 0 Å². The minimum absolute atomic E-state index is 0.426. The lowest BCUT2D eigenvalue weighted by atomic mass is 9.79. The van der Waals surface area contributed by atoms with Gasteiger partial charge in [-0.05, 0) is 38.1 Å². The summed E-state index contributed by atoms with van der Waals surface area (Å²) in [5.74, 6) is 0. The lowest BCUT2D eigenvalue weighted by molar-refractivity contribution is 0.0619. The zero-order valence-corrected chi connectivity index (χ0v) is 13.7. The third kappa shape index (κ3) is 4.19. The van der Waals surface area contributed by atoms with Gasteiger partial charge in [-0.1, -0.05) is 32.6 Å². The third-order valence-corrected chi connectivity index (χ3v) is 5.78. The van der Waals surface area contributed by atoms with Gasteiger partial charge in [0.05, 0.1) is 0 Å². The molecule has 1 atom stereocenters. The summed E-state index contributed by atoms with van der Waals surface area (Å²) in [4.78, 5) is 5.34. The molecule has 0 aromatic heterocycles. The van der Waals surface area contributed by atoms with Crippen LogP contribution in [0.25, 0.3) is 0 Å². The molecule has 2 N–H and O–H groups in total. The van der Waals surface area contributed by atoms with Gasteiger partial charge in [0.25, 0.3) is 0 Å². The van der Waals surface area contributed by atoms with Gasteiger partial charge in [-0.2, -0.15) is 0 Å². The molecule has 0 radical (unpaired) electrons. The molecule has 0 spiro atoms. The van der Waals surface area contributed by atoms with E-state index >= 15 is 0 Å². The van der Waals surface area contributed by atoms with Crippen molar-refractivity contribution in [2.24, 2.45) is 11.1 Å². The molecule has 3 nitrogen and oxygen atoms in total. The minimum atomic E-state index is 0.426. The van der Waals surface area contributed by atoms with Gasteiger partial charge >= 0.3 is 0 Å². The Balaban J connectivity index is 1.83. The highest BCUT2D eigenvalue weighted by atomic mass is 15.3. The Hall–Kier alpha value is -0.120. The van der Waals surface area contributed by atoms with Gasteiger partial charge in [-0.15, -0.1) is 0 Å². The van der Waals surface area contributed by atoms with Gasteiger partial charge in [0.15, 0.2) is 0 Å². The average Bonchev–Trinajstić information content (AvgIpc) is 2.73. The van der Waals surface area contributed by atoms with Crippen LogP contribution in [0.3, 0.4) is 0 Å². The van der Waals surface area contributed by atoms with Crippen molar-refractivity contribution in [2.75, 3.05) is 39.3 Å². The molecule has 0 aromatic rings. The van der Waals surface area contributed by atoms with E-state index in [1.807, 2.05) is 0 Å². The predicted octanol–water partition coefficient (Wildman–Crippen LogP) is 2.70. The van der Waals surface area contributed by atoms with Crippen LogP contribution in [0, 0.1) is 5.41 Å². The fourth-order valence-corrected chi connectivity index (χ4v) is 4.00. The number of rotatable bonds is 5. The maximum atomic E-state index is 6.18. The summed E-state index contributed by atoms with van der Waals surface area (Å²) < 4.78 is 0. The van der Waals surface area contributed by atoms with Gasteiger partial charge < -0.3 is 10.6 Å². The Morgan fingerprint density at radius 2 is 1.60 bits per heavy atom. The summed E-state index contributed by atoms with van der Waals surface area (Å²) in [7, 11) is 0. The quantitative estimate of drug-likeness (QED) is 0.787. The second-order valence-corrected chi connectivity index (χ2v) is 7.19. The number of nitrogens with zero attached hydrogens (tertiary/aromatic N) is 2. The molecule has 20 heavy (non-hydrogen) atoms. The third-order valence-electron chi connectivity index (χ3n) is 5.78. The second kappa shape index (κ2) is 7.77. The largest absolute Gasteiger partial charge is 0.330 e. The Kier molecular flexibility index (Phi) is 6.31. The molecule has 0 bridgehead atoms. The van der Waals surface area contributed by atoms with Crippen molar-refractivity contribution in [1.29, 1.82) is 0 Å². The highest BCUT2D eigenvalue weighted by Crippen LogP contribution is 2.35. The molecule has 2 rings (SSSR count). The summed E-state index contributed by atoms with van der Waals surface area (Å²) in [5.41, 5.74) is 6.61. The van der Waals surface area contributed by atoms with Crippen LogP contribution in [0.15, 0.2) is 0 Å². The monoisotopic (exact) mass is 281 g/mol. The van der Waals surface area contributed by atoms with E-state index in [0.717, 1.165) is 12.6 Å². The van der Waals surface area contributed by atoms with Crippen LogP contribution in [0.5, 0.6) is 0 Å². The summed E-state index contributed by atoms with van der Waals surface area (Å²) >= 11 is 0. The Morgan fingerprint density at radius 1 is 1.00 bits per heavy atom. The first-order chi connectivity index (χ1) is 9.69. The lowest BCUT2D eigenvalue weighted by Crippen LogP contribution is -2.53. The van der Waals surface area contributed by atoms with Crippen molar-refractivity contribution < 1.29 is 0 Å². The Labute approximate surface area is 125 Å². The van der Waals surface area contributed by atoms with Crippen molar-refractivity contribution >= 4 is 0 Å². The van der Waals surface area contributed by atoms with E-state index in [2.05, 4.69) is 23.6 Å². The first-order valence-electron chi connectivity index (χ1n) is 8.85. The number of nitrogens with two attached hydrogens (primary N) is 1. The van der Waals surface area contributed by atoms with Crippen LogP contribution in [0.1, 0.15) is 58.8 Å². The Morgan fingerprint density at radius 3 is 2.10 bits per heavy atom. The van der Waals surface area contributed by atoms with E-state index in [1.54, 1.807) is 0 Å². The van der Waals surface area contributed by atoms with Gasteiger partial charge in [-0.3, -0.25) is 4.90 Å². The summed E-state index contributed by atoms with van der Waals surface area (Å²) in [5, 5.41) is 0. The van der Waals surface area contributed by atoms with Gasteiger partial charge in [-0.25, -0.2) is 0 Å². The van der Waals surface area contributed by atoms with E-state index in [4.69, 9.17) is 5.73 Å². The molecule has 3 heteroatoms. The molecule has 1 aliphatic heterocycles. The van der Waals surface area contributed by atoms with E-state index in [9.17, 15) is 0 Å². The van der Waals surface area contributed by atoms with Gasteiger partial charge in [0.2, 0.25) is 0 Å². The molecular weight excluding hydrogens is 246 g/mol. The SMILES string of the molecule is CCC(C)N1CCN(CC2(CN)CCCCCC2)CC1. The molecule has 118 valence electrons. The molecule has 2 aliphatic rings. The number of hydrogen-bond acceptors (Lipinski definition) is 3. The van der Waals surface area contributed by atoms with E-state index in [1.165, 1.54) is 77.7 Å². The molecular formula is C17H35N3. The van der Waals surface area contributed by atoms with Crippen LogP contribution in [-0.2, 0) is 0 Å². The fraction of sp³-hybridized carbons (Fsp3) is 1.00. The predicted molar refractivity (Wildman–Crippen MR) is 87.0 cm³/mol.